The Morgan fingerprint density at radius 3 is 2.43 bits per heavy atom. The minimum absolute atomic E-state index is 0.111. The molecule has 1 saturated heterocycles. The Morgan fingerprint density at radius 1 is 1.09 bits per heavy atom. The van der Waals surface area contributed by atoms with Gasteiger partial charge in [-0.1, -0.05) is 107 Å². The van der Waals surface area contributed by atoms with Crippen LogP contribution in [-0.2, 0) is 4.79 Å². The van der Waals surface area contributed by atoms with Crippen LogP contribution in [0, 0.1) is 17.3 Å². The summed E-state index contributed by atoms with van der Waals surface area (Å²) in [4.78, 5) is 26.8. The summed E-state index contributed by atoms with van der Waals surface area (Å²) >= 11 is 0. The maximum absolute atomic E-state index is 13.2. The Bertz CT molecular complexity index is 1710. The zero-order valence-electron chi connectivity index (χ0n) is 34.9. The van der Waals surface area contributed by atoms with E-state index in [4.69, 9.17) is 9.98 Å². The van der Waals surface area contributed by atoms with Gasteiger partial charge in [-0.15, -0.1) is 0 Å². The second-order valence-corrected chi connectivity index (χ2v) is 16.6. The van der Waals surface area contributed by atoms with Crippen molar-refractivity contribution in [3.63, 3.8) is 0 Å². The fraction of sp³-hybridized carbons (Fsp3) is 0.490. The van der Waals surface area contributed by atoms with E-state index in [1.165, 1.54) is 46.4 Å². The number of carbonyl (C=O) groups is 1. The Labute approximate surface area is 333 Å². The number of amides is 1. The molecule has 2 aliphatic rings. The van der Waals surface area contributed by atoms with E-state index in [1.807, 2.05) is 25.2 Å². The second kappa shape index (κ2) is 23.2. The maximum atomic E-state index is 13.2. The van der Waals surface area contributed by atoms with Crippen molar-refractivity contribution in [2.75, 3.05) is 13.1 Å². The van der Waals surface area contributed by atoms with Crippen molar-refractivity contribution in [3.8, 4) is 0 Å². The fourth-order valence-electron chi connectivity index (χ4n) is 7.54. The van der Waals surface area contributed by atoms with Crippen molar-refractivity contribution < 1.29 is 4.79 Å². The second-order valence-electron chi connectivity index (χ2n) is 15.8. The lowest BCUT2D eigenvalue weighted by molar-refractivity contribution is -0.146. The molecule has 4 nitrogen and oxygen atoms in total. The Morgan fingerprint density at radius 2 is 1.83 bits per heavy atom. The van der Waals surface area contributed by atoms with Gasteiger partial charge in [0.05, 0.1) is 11.4 Å². The first-order chi connectivity index (χ1) is 26.0. The van der Waals surface area contributed by atoms with Gasteiger partial charge >= 0.3 is 0 Å². The average molecular weight is 748 g/mol. The van der Waals surface area contributed by atoms with Crippen LogP contribution in [0.25, 0.3) is 0 Å². The summed E-state index contributed by atoms with van der Waals surface area (Å²) in [6, 6.07) is 8.53. The van der Waals surface area contributed by atoms with Crippen molar-refractivity contribution >= 4 is 44.8 Å². The number of likely N-dealkylation sites (tertiary alicyclic amines) is 1. The molecular weight excluding hydrogens is 679 g/mol. The lowest BCUT2D eigenvalue weighted by atomic mass is 9.81. The highest BCUT2D eigenvalue weighted by atomic mass is 32.1. The third kappa shape index (κ3) is 14.1. The van der Waals surface area contributed by atoms with Gasteiger partial charge in [0.15, 0.2) is 5.84 Å². The van der Waals surface area contributed by atoms with E-state index in [9.17, 15) is 4.79 Å². The molecule has 1 fully saturated rings. The molecule has 1 amide bonds. The number of benzene rings is 1. The third-order valence-corrected chi connectivity index (χ3v) is 11.1. The zero-order chi connectivity index (χ0) is 39.5. The first-order valence-corrected chi connectivity index (χ1v) is 21.4. The summed E-state index contributed by atoms with van der Waals surface area (Å²) in [7, 11) is 1.60. The largest absolute Gasteiger partial charge is 0.341 e. The molecule has 1 heterocycles. The summed E-state index contributed by atoms with van der Waals surface area (Å²) in [6.45, 7) is 23.4. The van der Waals surface area contributed by atoms with Crippen LogP contribution < -0.4 is 0 Å². The van der Waals surface area contributed by atoms with Crippen molar-refractivity contribution in [3.05, 3.63) is 113 Å². The van der Waals surface area contributed by atoms with Crippen LogP contribution in [0.4, 0.5) is 5.69 Å². The SMILES string of the molecule is C=CC(=NC(/C=C/CC)=Nc1ccc(C(CC(=CC)C(CCC)CCC=C(C)C)=S=C)cc1)/C(=C\C=CC)C1=CCCC(C(=O)N2CC(C)(C)C2)CCC1. The molecule has 2 atom stereocenters. The molecule has 3 rings (SSSR count). The molecule has 0 spiro atoms. The van der Waals surface area contributed by atoms with E-state index >= 15 is 0 Å². The van der Waals surface area contributed by atoms with Crippen LogP contribution in [0.1, 0.15) is 132 Å². The quantitative estimate of drug-likeness (QED) is 0.0391. The third-order valence-electron chi connectivity index (χ3n) is 10.4. The van der Waals surface area contributed by atoms with Gasteiger partial charge in [0.1, 0.15) is 0 Å². The Balaban J connectivity index is 1.86. The van der Waals surface area contributed by atoms with E-state index in [-0.39, 0.29) is 11.3 Å². The van der Waals surface area contributed by atoms with Gasteiger partial charge in [0, 0.05) is 35.9 Å². The first kappa shape index (κ1) is 44.6. The van der Waals surface area contributed by atoms with Crippen LogP contribution in [0.3, 0.4) is 0 Å². The smallest absolute Gasteiger partial charge is 0.225 e. The van der Waals surface area contributed by atoms with Gasteiger partial charge < -0.3 is 4.90 Å². The lowest BCUT2D eigenvalue weighted by Crippen LogP contribution is -2.57. The molecule has 0 aromatic heterocycles. The van der Waals surface area contributed by atoms with Crippen molar-refractivity contribution in [1.29, 1.82) is 0 Å². The molecule has 1 aromatic rings. The van der Waals surface area contributed by atoms with E-state index < -0.39 is 0 Å². The van der Waals surface area contributed by atoms with Gasteiger partial charge in [-0.3, -0.25) is 4.79 Å². The van der Waals surface area contributed by atoms with Crippen LogP contribution in [0.2, 0.25) is 0 Å². The standard InChI is InChI=1S/C49H69N3OS/c1-11-16-28-44(40-24-19-26-42(27-20-25-40)48(53)52-35-49(8,9)36-52)45(15-5)51-47(29-17-12-2)50-43-32-30-41(31-33-43)46(54-10)34-38(14-4)39(21-13-3)23-18-22-37(6)7/h11,14-17,22,24,28-33,39,42H,5,10,12-13,18-21,23,25-27,34-36H2,1-4,6-9H3/b16-11?,29-17+,38-14?,40-24?,44-28-,50-47?,51-45?. The van der Waals surface area contributed by atoms with Crippen LogP contribution in [-0.4, -0.2) is 46.2 Å². The summed E-state index contributed by atoms with van der Waals surface area (Å²) in [5.74, 6) is 5.93. The lowest BCUT2D eigenvalue weighted by Gasteiger charge is -2.47. The molecule has 5 heteroatoms. The van der Waals surface area contributed by atoms with Crippen LogP contribution in [0.5, 0.6) is 0 Å². The van der Waals surface area contributed by atoms with E-state index in [0.717, 1.165) is 81.4 Å². The Kier molecular flexibility index (Phi) is 19.1. The number of carbonyl (C=O) groups excluding carboxylic acids is 1. The van der Waals surface area contributed by atoms with Gasteiger partial charge in [-0.2, -0.15) is 10.9 Å². The molecule has 1 aromatic carbocycles. The van der Waals surface area contributed by atoms with Crippen molar-refractivity contribution in [2.24, 2.45) is 27.2 Å². The zero-order valence-corrected chi connectivity index (χ0v) is 35.7. The Hall–Kier alpha value is -3.83. The molecular formula is C49H69N3OS. The number of rotatable bonds is 17. The minimum Gasteiger partial charge on any atom is -0.341 e. The molecule has 1 aliphatic heterocycles. The summed E-state index contributed by atoms with van der Waals surface area (Å²) in [5.41, 5.74) is 8.34. The normalized spacial score (nSPS) is 19.1. The van der Waals surface area contributed by atoms with Crippen molar-refractivity contribution in [1.82, 2.24) is 4.90 Å². The van der Waals surface area contributed by atoms with Gasteiger partial charge in [0.2, 0.25) is 5.91 Å². The molecule has 0 saturated carbocycles. The van der Waals surface area contributed by atoms with Crippen LogP contribution in [0.15, 0.2) is 118 Å². The number of hydrogen-bond donors (Lipinski definition) is 0. The summed E-state index contributed by atoms with van der Waals surface area (Å²) < 4.78 is 0. The van der Waals surface area contributed by atoms with E-state index in [1.54, 1.807) is 10.9 Å². The number of nitrogens with zero attached hydrogens (tertiary/aromatic N) is 3. The van der Waals surface area contributed by atoms with Gasteiger partial charge in [0.25, 0.3) is 0 Å². The van der Waals surface area contributed by atoms with E-state index in [0.29, 0.717) is 17.7 Å². The number of hydrogen-bond acceptors (Lipinski definition) is 2. The van der Waals surface area contributed by atoms with Gasteiger partial charge in [-0.25, -0.2) is 9.98 Å². The van der Waals surface area contributed by atoms with Crippen molar-refractivity contribution in [2.45, 2.75) is 126 Å². The van der Waals surface area contributed by atoms with Gasteiger partial charge in [-0.05, 0) is 138 Å². The highest BCUT2D eigenvalue weighted by molar-refractivity contribution is 7.96. The minimum atomic E-state index is 0.111. The highest BCUT2D eigenvalue weighted by Crippen LogP contribution is 2.34. The number of amidine groups is 1. The molecule has 0 N–H and O–H groups in total. The summed E-state index contributed by atoms with van der Waals surface area (Å²) in [6.07, 6.45) is 30.3. The molecule has 0 bridgehead atoms. The molecule has 1 aliphatic carbocycles. The predicted octanol–water partition coefficient (Wildman–Crippen LogP) is 13.4. The average Bonchev–Trinajstić information content (AvgIpc) is 3.13. The topological polar surface area (TPSA) is 45.0 Å². The number of allylic oxidation sites excluding steroid dienone is 12. The summed E-state index contributed by atoms with van der Waals surface area (Å²) in [5, 5.41) is 0. The van der Waals surface area contributed by atoms with Crippen LogP contribution >= 0.6 is 10.9 Å². The maximum Gasteiger partial charge on any atom is 0.225 e. The number of aliphatic imine (C=N–C) groups is 2. The predicted molar refractivity (Wildman–Crippen MR) is 243 cm³/mol. The fourth-order valence-corrected chi connectivity index (χ4v) is 8.11. The molecule has 2 unspecified atom stereocenters. The highest BCUT2D eigenvalue weighted by Gasteiger charge is 2.39. The molecule has 54 heavy (non-hydrogen) atoms. The first-order valence-electron chi connectivity index (χ1n) is 20.4. The molecule has 292 valence electrons. The van der Waals surface area contributed by atoms with E-state index in [2.05, 4.69) is 127 Å². The molecule has 0 radical (unpaired) electrons. The monoisotopic (exact) mass is 748 g/mol.